The van der Waals surface area contributed by atoms with Crippen LogP contribution in [0, 0.1) is 0 Å². The van der Waals surface area contributed by atoms with Crippen LogP contribution in [0.3, 0.4) is 0 Å². The van der Waals surface area contributed by atoms with Crippen molar-refractivity contribution in [2.75, 3.05) is 11.7 Å². The first-order valence-corrected chi connectivity index (χ1v) is 8.02. The van der Waals surface area contributed by atoms with Crippen LogP contribution in [-0.4, -0.2) is 12.7 Å². The van der Waals surface area contributed by atoms with E-state index >= 15 is 0 Å². The normalized spacial score (nSPS) is 14.7. The van der Waals surface area contributed by atoms with Crippen LogP contribution in [0.25, 0.3) is 10.8 Å². The molecule has 5 rings (SSSR count). The Bertz CT molecular complexity index is 1010. The van der Waals surface area contributed by atoms with Crippen molar-refractivity contribution in [2.24, 2.45) is 0 Å². The predicted octanol–water partition coefficient (Wildman–Crippen LogP) is 4.38. The molecule has 0 bridgehead atoms. The summed E-state index contributed by atoms with van der Waals surface area (Å²) in [6.45, 7) is 0.606. The highest BCUT2D eigenvalue weighted by atomic mass is 35.5. The van der Waals surface area contributed by atoms with Crippen molar-refractivity contribution in [2.45, 2.75) is 6.54 Å². The average Bonchev–Trinajstić information content (AvgIpc) is 3.16. The zero-order valence-corrected chi connectivity index (χ0v) is 13.3. The van der Waals surface area contributed by atoms with Crippen LogP contribution in [0.1, 0.15) is 15.9 Å². The van der Waals surface area contributed by atoms with E-state index in [2.05, 4.69) is 0 Å². The monoisotopic (exact) mass is 337 g/mol. The summed E-state index contributed by atoms with van der Waals surface area (Å²) >= 11 is 6.26. The Hall–Kier alpha value is -2.72. The Morgan fingerprint density at radius 2 is 1.92 bits per heavy atom. The van der Waals surface area contributed by atoms with Gasteiger partial charge >= 0.3 is 0 Å². The average molecular weight is 338 g/mol. The molecule has 2 aliphatic heterocycles. The fourth-order valence-electron chi connectivity index (χ4n) is 3.43. The minimum atomic E-state index is 0.00980. The van der Waals surface area contributed by atoms with Crippen molar-refractivity contribution in [1.82, 2.24) is 0 Å². The Morgan fingerprint density at radius 1 is 1.08 bits per heavy atom. The molecule has 0 unspecified atom stereocenters. The van der Waals surface area contributed by atoms with Gasteiger partial charge in [-0.3, -0.25) is 4.79 Å². The lowest BCUT2D eigenvalue weighted by molar-refractivity contribution is 0.0991. The van der Waals surface area contributed by atoms with E-state index in [0.29, 0.717) is 23.1 Å². The molecule has 3 aromatic rings. The first kappa shape index (κ1) is 13.7. The number of nitrogens with zero attached hydrogens (tertiary/aromatic N) is 1. The lowest BCUT2D eigenvalue weighted by Gasteiger charge is -2.18. The zero-order valence-electron chi connectivity index (χ0n) is 12.6. The van der Waals surface area contributed by atoms with Crippen LogP contribution >= 0.6 is 11.6 Å². The molecule has 4 nitrogen and oxygen atoms in total. The third kappa shape index (κ3) is 1.83. The molecule has 0 N–H and O–H groups in total. The molecule has 1 amide bonds. The van der Waals surface area contributed by atoms with E-state index in [1.165, 1.54) is 0 Å². The fraction of sp³-hybridized carbons (Fsp3) is 0.105. The van der Waals surface area contributed by atoms with Gasteiger partial charge in [-0.1, -0.05) is 35.9 Å². The third-order valence-corrected chi connectivity index (χ3v) is 4.76. The van der Waals surface area contributed by atoms with Gasteiger partial charge in [0.05, 0.1) is 17.3 Å². The maximum Gasteiger partial charge on any atom is 0.259 e. The van der Waals surface area contributed by atoms with E-state index in [4.69, 9.17) is 21.1 Å². The summed E-state index contributed by atoms with van der Waals surface area (Å²) in [5.41, 5.74) is 2.58. The van der Waals surface area contributed by atoms with Crippen molar-refractivity contribution < 1.29 is 14.3 Å². The number of ether oxygens (including phenoxy) is 2. The van der Waals surface area contributed by atoms with E-state index in [0.717, 1.165) is 27.6 Å². The van der Waals surface area contributed by atoms with Gasteiger partial charge in [0.1, 0.15) is 0 Å². The minimum absolute atomic E-state index is 0.00980. The molecular formula is C19H12ClNO3. The second-order valence-corrected chi connectivity index (χ2v) is 6.29. The van der Waals surface area contributed by atoms with E-state index in [-0.39, 0.29) is 12.7 Å². The molecule has 0 aromatic heterocycles. The van der Waals surface area contributed by atoms with Crippen molar-refractivity contribution in [3.63, 3.8) is 0 Å². The first-order chi connectivity index (χ1) is 11.7. The quantitative estimate of drug-likeness (QED) is 0.696. The molecule has 3 aromatic carbocycles. The number of rotatable bonds is 2. The highest BCUT2D eigenvalue weighted by molar-refractivity contribution is 6.32. The molecule has 0 aliphatic carbocycles. The molecule has 118 valence electrons. The van der Waals surface area contributed by atoms with Gasteiger partial charge in [-0.15, -0.1) is 0 Å². The molecule has 0 saturated carbocycles. The number of benzene rings is 3. The van der Waals surface area contributed by atoms with Crippen LogP contribution in [0.2, 0.25) is 5.02 Å². The number of anilines is 1. The number of carbonyl (C=O) groups excluding carboxylic acids is 1. The highest BCUT2D eigenvalue weighted by Crippen LogP contribution is 2.42. The molecule has 0 atom stereocenters. The lowest BCUT2D eigenvalue weighted by atomic mass is 10.1. The largest absolute Gasteiger partial charge is 0.454 e. The SMILES string of the molecule is O=C1c2cccc3cccc(c23)N1Cc1cc(Cl)c2c(c1)OCO2. The molecular weight excluding hydrogens is 326 g/mol. The number of carbonyl (C=O) groups is 1. The molecule has 2 heterocycles. The van der Waals surface area contributed by atoms with E-state index in [1.807, 2.05) is 48.5 Å². The summed E-state index contributed by atoms with van der Waals surface area (Å²) < 4.78 is 10.8. The van der Waals surface area contributed by atoms with Crippen molar-refractivity contribution >= 4 is 34.0 Å². The van der Waals surface area contributed by atoms with Crippen LogP contribution in [-0.2, 0) is 6.54 Å². The molecule has 0 fully saturated rings. The van der Waals surface area contributed by atoms with Crippen LogP contribution in [0.15, 0.2) is 48.5 Å². The molecule has 0 radical (unpaired) electrons. The lowest BCUT2D eigenvalue weighted by Crippen LogP contribution is -2.26. The van der Waals surface area contributed by atoms with Crippen molar-refractivity contribution in [1.29, 1.82) is 0 Å². The summed E-state index contributed by atoms with van der Waals surface area (Å²) in [6.07, 6.45) is 0. The van der Waals surface area contributed by atoms with Gasteiger partial charge < -0.3 is 14.4 Å². The van der Waals surface area contributed by atoms with Crippen LogP contribution < -0.4 is 14.4 Å². The van der Waals surface area contributed by atoms with Crippen LogP contribution in [0.4, 0.5) is 5.69 Å². The second kappa shape index (κ2) is 4.89. The Balaban J connectivity index is 1.59. The van der Waals surface area contributed by atoms with Crippen LogP contribution in [0.5, 0.6) is 11.5 Å². The number of fused-ring (bicyclic) bond motifs is 1. The second-order valence-electron chi connectivity index (χ2n) is 5.88. The maximum absolute atomic E-state index is 12.8. The Labute approximate surface area is 143 Å². The molecule has 0 saturated heterocycles. The third-order valence-electron chi connectivity index (χ3n) is 4.48. The summed E-state index contributed by atoms with van der Waals surface area (Å²) in [5, 5.41) is 2.59. The van der Waals surface area contributed by atoms with Gasteiger partial charge in [-0.2, -0.15) is 0 Å². The maximum atomic E-state index is 12.8. The Morgan fingerprint density at radius 3 is 2.79 bits per heavy atom. The number of amides is 1. The molecule has 0 spiro atoms. The smallest absolute Gasteiger partial charge is 0.259 e. The van der Waals surface area contributed by atoms with Gasteiger partial charge in [0, 0.05) is 10.9 Å². The predicted molar refractivity (Wildman–Crippen MR) is 92.0 cm³/mol. The fourth-order valence-corrected chi connectivity index (χ4v) is 3.72. The first-order valence-electron chi connectivity index (χ1n) is 7.64. The molecule has 24 heavy (non-hydrogen) atoms. The van der Waals surface area contributed by atoms with Crippen molar-refractivity contribution in [3.05, 3.63) is 64.7 Å². The van der Waals surface area contributed by atoms with Crippen molar-refractivity contribution in [3.8, 4) is 11.5 Å². The summed E-state index contributed by atoms with van der Waals surface area (Å²) in [6, 6.07) is 15.5. The van der Waals surface area contributed by atoms with Gasteiger partial charge in [-0.25, -0.2) is 0 Å². The molecule has 5 heteroatoms. The number of halogens is 1. The minimum Gasteiger partial charge on any atom is -0.454 e. The summed E-state index contributed by atoms with van der Waals surface area (Å²) in [5.74, 6) is 1.20. The van der Waals surface area contributed by atoms with E-state index in [1.54, 1.807) is 4.90 Å². The summed E-state index contributed by atoms with van der Waals surface area (Å²) in [4.78, 5) is 14.6. The standard InChI is InChI=1S/C19H12ClNO3/c20-14-7-11(8-16-18(14)24-10-23-16)9-21-15-6-2-4-12-3-1-5-13(17(12)15)19(21)22/h1-8H,9-10H2. The number of hydrogen-bond acceptors (Lipinski definition) is 3. The summed E-state index contributed by atoms with van der Waals surface area (Å²) in [7, 11) is 0. The van der Waals surface area contributed by atoms with E-state index < -0.39 is 0 Å². The zero-order chi connectivity index (χ0) is 16.3. The van der Waals surface area contributed by atoms with Gasteiger partial charge in [0.2, 0.25) is 6.79 Å². The van der Waals surface area contributed by atoms with Gasteiger partial charge in [0.15, 0.2) is 11.5 Å². The van der Waals surface area contributed by atoms with Gasteiger partial charge in [0.25, 0.3) is 5.91 Å². The van der Waals surface area contributed by atoms with E-state index in [9.17, 15) is 4.79 Å². The number of hydrogen-bond donors (Lipinski definition) is 0. The highest BCUT2D eigenvalue weighted by Gasteiger charge is 2.30. The topological polar surface area (TPSA) is 38.8 Å². The van der Waals surface area contributed by atoms with Gasteiger partial charge in [-0.05, 0) is 35.2 Å². The Kier molecular flexibility index (Phi) is 2.79. The molecule has 2 aliphatic rings.